The maximum atomic E-state index is 12.4. The third kappa shape index (κ3) is 1.66. The average Bonchev–Trinajstić information content (AvgIpc) is 3.00. The molecule has 1 saturated carbocycles. The van der Waals surface area contributed by atoms with E-state index in [9.17, 15) is 14.7 Å². The molecule has 3 rings (SSSR count). The number of carboxylic acids is 1. The largest absolute Gasteiger partial charge is 0.481 e. The van der Waals surface area contributed by atoms with Crippen molar-refractivity contribution in [2.24, 2.45) is 11.3 Å². The monoisotopic (exact) mass is 263 g/mol. The molecular weight excluding hydrogens is 246 g/mol. The summed E-state index contributed by atoms with van der Waals surface area (Å²) in [6, 6.07) is 0. The molecule has 102 valence electrons. The lowest BCUT2D eigenvalue weighted by Gasteiger charge is -2.23. The number of carbonyl (C=O) groups excluding carboxylic acids is 1. The Morgan fingerprint density at radius 2 is 2.37 bits per heavy atom. The van der Waals surface area contributed by atoms with Gasteiger partial charge in [-0.1, -0.05) is 6.42 Å². The molecule has 6 heteroatoms. The Morgan fingerprint density at radius 1 is 1.58 bits per heavy atom. The van der Waals surface area contributed by atoms with E-state index in [1.54, 1.807) is 11.8 Å². The molecule has 1 aliphatic carbocycles. The number of aryl methyl sites for hydroxylation is 1. The van der Waals surface area contributed by atoms with Gasteiger partial charge < -0.3 is 10.0 Å². The molecule has 2 atom stereocenters. The summed E-state index contributed by atoms with van der Waals surface area (Å²) in [6.45, 7) is 2.68. The molecular formula is C13H17N3O3. The number of hydrogen-bond acceptors (Lipinski definition) is 3. The zero-order valence-electron chi connectivity index (χ0n) is 10.8. The lowest BCUT2D eigenvalue weighted by Crippen LogP contribution is -2.37. The number of likely N-dealkylation sites (tertiary alicyclic amines) is 1. The number of aliphatic carboxylic acids is 1. The van der Waals surface area contributed by atoms with Gasteiger partial charge in [0.25, 0.3) is 5.91 Å². The molecule has 1 aliphatic heterocycles. The van der Waals surface area contributed by atoms with Crippen molar-refractivity contribution in [1.82, 2.24) is 15.1 Å². The van der Waals surface area contributed by atoms with Crippen molar-refractivity contribution in [1.29, 1.82) is 0 Å². The van der Waals surface area contributed by atoms with E-state index in [1.807, 2.05) is 0 Å². The van der Waals surface area contributed by atoms with E-state index in [0.29, 0.717) is 25.1 Å². The van der Waals surface area contributed by atoms with E-state index in [-0.39, 0.29) is 11.8 Å². The number of carboxylic acid groups (broad SMARTS) is 1. The summed E-state index contributed by atoms with van der Waals surface area (Å²) < 4.78 is 0. The van der Waals surface area contributed by atoms with E-state index < -0.39 is 11.4 Å². The van der Waals surface area contributed by atoms with E-state index in [4.69, 9.17) is 0 Å². The highest BCUT2D eigenvalue weighted by atomic mass is 16.4. The van der Waals surface area contributed by atoms with E-state index in [1.165, 1.54) is 6.20 Å². The summed E-state index contributed by atoms with van der Waals surface area (Å²) in [4.78, 5) is 25.6. The summed E-state index contributed by atoms with van der Waals surface area (Å²) in [5.41, 5.74) is 0.555. The van der Waals surface area contributed by atoms with Crippen LogP contribution in [-0.4, -0.2) is 45.2 Å². The number of nitrogens with zero attached hydrogens (tertiary/aromatic N) is 2. The minimum atomic E-state index is -0.755. The number of amides is 1. The molecule has 1 aromatic heterocycles. The molecule has 2 fully saturated rings. The highest BCUT2D eigenvalue weighted by Gasteiger charge is 2.55. The molecule has 1 aromatic rings. The van der Waals surface area contributed by atoms with Crippen LogP contribution in [0.1, 0.15) is 35.3 Å². The van der Waals surface area contributed by atoms with Crippen LogP contribution in [0.15, 0.2) is 6.20 Å². The van der Waals surface area contributed by atoms with Crippen LogP contribution in [-0.2, 0) is 4.79 Å². The predicted molar refractivity (Wildman–Crippen MR) is 66.6 cm³/mol. The van der Waals surface area contributed by atoms with Crippen molar-refractivity contribution in [2.75, 3.05) is 13.1 Å². The Balaban J connectivity index is 1.85. The van der Waals surface area contributed by atoms with Gasteiger partial charge in [0.05, 0.1) is 17.2 Å². The van der Waals surface area contributed by atoms with Crippen LogP contribution in [0.3, 0.4) is 0 Å². The number of aromatic nitrogens is 2. The van der Waals surface area contributed by atoms with Gasteiger partial charge in [-0.05, 0) is 25.7 Å². The van der Waals surface area contributed by atoms with Crippen molar-refractivity contribution in [2.45, 2.75) is 26.2 Å². The molecule has 0 spiro atoms. The molecule has 0 bridgehead atoms. The van der Waals surface area contributed by atoms with Crippen LogP contribution in [0.25, 0.3) is 0 Å². The van der Waals surface area contributed by atoms with E-state index in [2.05, 4.69) is 10.2 Å². The fourth-order valence-corrected chi connectivity index (χ4v) is 3.53. The third-order valence-electron chi connectivity index (χ3n) is 4.64. The Morgan fingerprint density at radius 3 is 2.95 bits per heavy atom. The second-order valence-electron chi connectivity index (χ2n) is 5.64. The van der Waals surface area contributed by atoms with Crippen LogP contribution in [0.5, 0.6) is 0 Å². The highest BCUT2D eigenvalue weighted by Crippen LogP contribution is 2.49. The number of fused-ring (bicyclic) bond motifs is 1. The van der Waals surface area contributed by atoms with Crippen LogP contribution >= 0.6 is 0 Å². The third-order valence-corrected chi connectivity index (χ3v) is 4.64. The van der Waals surface area contributed by atoms with Crippen molar-refractivity contribution < 1.29 is 14.7 Å². The van der Waals surface area contributed by atoms with Crippen LogP contribution in [0.4, 0.5) is 0 Å². The first-order valence-electron chi connectivity index (χ1n) is 6.57. The fourth-order valence-electron chi connectivity index (χ4n) is 3.53. The Labute approximate surface area is 110 Å². The second kappa shape index (κ2) is 4.08. The molecule has 0 unspecified atom stereocenters. The standard InChI is InChI=1S/C13H17N3O3/c1-8-10(5-14-15-8)11(17)16-6-9-3-2-4-13(9,7-16)12(18)19/h5,9H,2-4,6-7H2,1H3,(H,14,15)(H,18,19)/t9-,13+/m0/s1. The molecule has 19 heavy (non-hydrogen) atoms. The van der Waals surface area contributed by atoms with Gasteiger partial charge in [0.2, 0.25) is 0 Å². The normalized spacial score (nSPS) is 29.5. The van der Waals surface area contributed by atoms with Crippen LogP contribution in [0.2, 0.25) is 0 Å². The topological polar surface area (TPSA) is 86.3 Å². The first-order chi connectivity index (χ1) is 9.04. The zero-order chi connectivity index (χ0) is 13.6. The zero-order valence-corrected chi connectivity index (χ0v) is 10.8. The maximum absolute atomic E-state index is 12.4. The number of aromatic amines is 1. The van der Waals surface area contributed by atoms with E-state index in [0.717, 1.165) is 18.5 Å². The van der Waals surface area contributed by atoms with Crippen molar-refractivity contribution in [3.63, 3.8) is 0 Å². The lowest BCUT2D eigenvalue weighted by atomic mass is 9.81. The van der Waals surface area contributed by atoms with Gasteiger partial charge in [0.1, 0.15) is 0 Å². The first-order valence-corrected chi connectivity index (χ1v) is 6.57. The molecule has 0 radical (unpaired) electrons. The summed E-state index contributed by atoms with van der Waals surface area (Å²) >= 11 is 0. The number of rotatable bonds is 2. The van der Waals surface area contributed by atoms with Crippen molar-refractivity contribution in [3.05, 3.63) is 17.5 Å². The van der Waals surface area contributed by atoms with Gasteiger partial charge in [0, 0.05) is 18.8 Å². The van der Waals surface area contributed by atoms with Gasteiger partial charge in [-0.15, -0.1) is 0 Å². The smallest absolute Gasteiger partial charge is 0.311 e. The van der Waals surface area contributed by atoms with Gasteiger partial charge >= 0.3 is 5.97 Å². The van der Waals surface area contributed by atoms with Gasteiger partial charge in [-0.25, -0.2) is 0 Å². The summed E-state index contributed by atoms with van der Waals surface area (Å²) in [6.07, 6.45) is 4.05. The van der Waals surface area contributed by atoms with Gasteiger partial charge in [-0.3, -0.25) is 14.7 Å². The minimum Gasteiger partial charge on any atom is -0.481 e. The highest BCUT2D eigenvalue weighted by molar-refractivity contribution is 5.96. The van der Waals surface area contributed by atoms with Crippen LogP contribution in [0, 0.1) is 18.3 Å². The van der Waals surface area contributed by atoms with Crippen LogP contribution < -0.4 is 0 Å². The summed E-state index contributed by atoms with van der Waals surface area (Å²) in [7, 11) is 0. The van der Waals surface area contributed by atoms with Crippen molar-refractivity contribution >= 4 is 11.9 Å². The van der Waals surface area contributed by atoms with Crippen molar-refractivity contribution in [3.8, 4) is 0 Å². The quantitative estimate of drug-likeness (QED) is 0.835. The number of H-pyrrole nitrogens is 1. The maximum Gasteiger partial charge on any atom is 0.311 e. The first kappa shape index (κ1) is 12.2. The Bertz CT molecular complexity index is 539. The Hall–Kier alpha value is -1.85. The number of nitrogens with one attached hydrogen (secondary N) is 1. The summed E-state index contributed by atoms with van der Waals surface area (Å²) in [5, 5.41) is 16.1. The molecule has 1 amide bonds. The SMILES string of the molecule is Cc1[nH]ncc1C(=O)N1C[C@@H]2CCC[C@@]2(C(=O)O)C1. The molecule has 2 heterocycles. The lowest BCUT2D eigenvalue weighted by molar-refractivity contribution is -0.149. The number of carbonyl (C=O) groups is 2. The van der Waals surface area contributed by atoms with E-state index >= 15 is 0 Å². The van der Waals surface area contributed by atoms with Gasteiger partial charge in [-0.2, -0.15) is 5.10 Å². The molecule has 2 N–H and O–H groups in total. The minimum absolute atomic E-state index is 0.0983. The molecule has 0 aromatic carbocycles. The average molecular weight is 263 g/mol. The predicted octanol–water partition coefficient (Wildman–Crippen LogP) is 1.05. The summed E-state index contributed by atoms with van der Waals surface area (Å²) in [5.74, 6) is -0.767. The molecule has 2 aliphatic rings. The second-order valence-corrected chi connectivity index (χ2v) is 5.64. The number of hydrogen-bond donors (Lipinski definition) is 2. The fraction of sp³-hybridized carbons (Fsp3) is 0.615. The molecule has 6 nitrogen and oxygen atoms in total. The molecule has 1 saturated heterocycles. The Kier molecular flexibility index (Phi) is 2.62. The van der Waals surface area contributed by atoms with Gasteiger partial charge in [0.15, 0.2) is 0 Å².